The number of hydrogen-bond acceptors (Lipinski definition) is 1. The van der Waals surface area contributed by atoms with Gasteiger partial charge in [0.15, 0.2) is 0 Å². The van der Waals surface area contributed by atoms with E-state index in [1.54, 1.807) is 0 Å². The average Bonchev–Trinajstić information content (AvgIpc) is 2.39. The van der Waals surface area contributed by atoms with Crippen LogP contribution in [0.2, 0.25) is 0 Å². The summed E-state index contributed by atoms with van der Waals surface area (Å²) >= 11 is 0. The van der Waals surface area contributed by atoms with Crippen molar-refractivity contribution >= 4 is 0 Å². The van der Waals surface area contributed by atoms with Crippen molar-refractivity contribution in [3.8, 4) is 0 Å². The molecule has 0 radical (unpaired) electrons. The minimum absolute atomic E-state index is 0.253. The van der Waals surface area contributed by atoms with E-state index in [0.29, 0.717) is 6.04 Å². The average molecular weight is 217 g/mol. The SMILES string of the molecule is CC(C)(C)c1ccc2c(c1)CCC(N)CC2. The lowest BCUT2D eigenvalue weighted by atomic mass is 9.84. The molecule has 2 rings (SSSR count). The van der Waals surface area contributed by atoms with Crippen LogP contribution in [0.5, 0.6) is 0 Å². The highest BCUT2D eigenvalue weighted by Gasteiger charge is 2.18. The zero-order valence-electron chi connectivity index (χ0n) is 10.7. The second-order valence-corrected chi connectivity index (χ2v) is 6.07. The molecule has 2 N–H and O–H groups in total. The Morgan fingerprint density at radius 3 is 2.31 bits per heavy atom. The van der Waals surface area contributed by atoms with E-state index >= 15 is 0 Å². The summed E-state index contributed by atoms with van der Waals surface area (Å²) in [5, 5.41) is 0. The van der Waals surface area contributed by atoms with Crippen molar-refractivity contribution in [2.45, 2.75) is 57.9 Å². The third-order valence-corrected chi connectivity index (χ3v) is 3.64. The Hall–Kier alpha value is -0.820. The third kappa shape index (κ3) is 2.46. The highest BCUT2D eigenvalue weighted by Crippen LogP contribution is 2.27. The van der Waals surface area contributed by atoms with E-state index in [4.69, 9.17) is 5.73 Å². The Morgan fingerprint density at radius 2 is 1.69 bits per heavy atom. The minimum atomic E-state index is 0.253. The van der Waals surface area contributed by atoms with Gasteiger partial charge in [-0.1, -0.05) is 39.0 Å². The van der Waals surface area contributed by atoms with E-state index in [2.05, 4.69) is 39.0 Å². The van der Waals surface area contributed by atoms with E-state index in [-0.39, 0.29) is 5.41 Å². The summed E-state index contributed by atoms with van der Waals surface area (Å²) in [5.41, 5.74) is 10.8. The number of benzene rings is 1. The Kier molecular flexibility index (Phi) is 3.07. The van der Waals surface area contributed by atoms with Crippen LogP contribution in [0, 0.1) is 0 Å². The van der Waals surface area contributed by atoms with Crippen LogP contribution in [-0.4, -0.2) is 6.04 Å². The van der Waals surface area contributed by atoms with Crippen molar-refractivity contribution in [1.82, 2.24) is 0 Å². The smallest absolute Gasteiger partial charge is 0.00451 e. The van der Waals surface area contributed by atoms with Gasteiger partial charge in [0.2, 0.25) is 0 Å². The summed E-state index contributed by atoms with van der Waals surface area (Å²) in [6.07, 6.45) is 4.59. The molecule has 1 aromatic carbocycles. The van der Waals surface area contributed by atoms with Crippen LogP contribution in [0.3, 0.4) is 0 Å². The van der Waals surface area contributed by atoms with Crippen LogP contribution in [0.1, 0.15) is 50.3 Å². The summed E-state index contributed by atoms with van der Waals surface area (Å²) in [4.78, 5) is 0. The summed E-state index contributed by atoms with van der Waals surface area (Å²) in [7, 11) is 0. The van der Waals surface area contributed by atoms with Crippen molar-refractivity contribution in [3.05, 3.63) is 34.9 Å². The predicted octanol–water partition coefficient (Wildman–Crippen LogP) is 3.19. The van der Waals surface area contributed by atoms with Gasteiger partial charge < -0.3 is 5.73 Å². The second kappa shape index (κ2) is 4.21. The summed E-state index contributed by atoms with van der Waals surface area (Å²) < 4.78 is 0. The van der Waals surface area contributed by atoms with E-state index in [9.17, 15) is 0 Å². The lowest BCUT2D eigenvalue weighted by molar-refractivity contribution is 0.585. The fourth-order valence-electron chi connectivity index (χ4n) is 2.40. The van der Waals surface area contributed by atoms with Gasteiger partial charge in [0.05, 0.1) is 0 Å². The quantitative estimate of drug-likeness (QED) is 0.664. The molecule has 1 unspecified atom stereocenters. The molecule has 1 aliphatic rings. The van der Waals surface area contributed by atoms with Gasteiger partial charge >= 0.3 is 0 Å². The fourth-order valence-corrected chi connectivity index (χ4v) is 2.40. The van der Waals surface area contributed by atoms with E-state index < -0.39 is 0 Å². The molecule has 1 aliphatic carbocycles. The molecule has 0 spiro atoms. The van der Waals surface area contributed by atoms with E-state index in [1.165, 1.54) is 16.7 Å². The molecule has 0 aliphatic heterocycles. The van der Waals surface area contributed by atoms with Gasteiger partial charge in [-0.05, 0) is 47.8 Å². The molecular weight excluding hydrogens is 194 g/mol. The molecule has 1 atom stereocenters. The first-order valence-electron chi connectivity index (χ1n) is 6.34. The van der Waals surface area contributed by atoms with E-state index in [0.717, 1.165) is 25.7 Å². The molecule has 1 heteroatoms. The maximum Gasteiger partial charge on any atom is 0.00451 e. The first kappa shape index (κ1) is 11.7. The molecule has 88 valence electrons. The number of rotatable bonds is 0. The zero-order valence-corrected chi connectivity index (χ0v) is 10.7. The number of hydrogen-bond donors (Lipinski definition) is 1. The number of aryl methyl sites for hydroxylation is 2. The van der Waals surface area contributed by atoms with E-state index in [1.807, 2.05) is 0 Å². The Labute approximate surface area is 99.0 Å². The summed E-state index contributed by atoms with van der Waals surface area (Å²) in [5.74, 6) is 0. The van der Waals surface area contributed by atoms with Crippen molar-refractivity contribution in [3.63, 3.8) is 0 Å². The van der Waals surface area contributed by atoms with Gasteiger partial charge in [-0.25, -0.2) is 0 Å². The largest absolute Gasteiger partial charge is 0.328 e. The number of nitrogens with two attached hydrogens (primary N) is 1. The first-order chi connectivity index (χ1) is 7.47. The van der Waals surface area contributed by atoms with Crippen molar-refractivity contribution in [2.24, 2.45) is 5.73 Å². The van der Waals surface area contributed by atoms with Crippen molar-refractivity contribution in [2.75, 3.05) is 0 Å². The van der Waals surface area contributed by atoms with Gasteiger partial charge in [0.1, 0.15) is 0 Å². The lowest BCUT2D eigenvalue weighted by Gasteiger charge is -2.21. The Bertz CT molecular complexity index is 374. The molecule has 1 nitrogen and oxygen atoms in total. The minimum Gasteiger partial charge on any atom is -0.328 e. The van der Waals surface area contributed by atoms with Gasteiger partial charge in [0, 0.05) is 6.04 Å². The maximum absolute atomic E-state index is 6.04. The van der Waals surface area contributed by atoms with Crippen LogP contribution >= 0.6 is 0 Å². The van der Waals surface area contributed by atoms with Gasteiger partial charge in [-0.2, -0.15) is 0 Å². The predicted molar refractivity (Wildman–Crippen MR) is 69.8 cm³/mol. The molecule has 16 heavy (non-hydrogen) atoms. The van der Waals surface area contributed by atoms with Gasteiger partial charge in [0.25, 0.3) is 0 Å². The maximum atomic E-state index is 6.04. The van der Waals surface area contributed by atoms with Crippen molar-refractivity contribution in [1.29, 1.82) is 0 Å². The Morgan fingerprint density at radius 1 is 1.06 bits per heavy atom. The topological polar surface area (TPSA) is 26.0 Å². The zero-order chi connectivity index (χ0) is 11.8. The molecule has 0 heterocycles. The monoisotopic (exact) mass is 217 g/mol. The Balaban J connectivity index is 2.32. The summed E-state index contributed by atoms with van der Waals surface area (Å²) in [6.45, 7) is 6.82. The van der Waals surface area contributed by atoms with Gasteiger partial charge in [-0.15, -0.1) is 0 Å². The molecule has 0 bridgehead atoms. The molecule has 0 saturated carbocycles. The molecule has 1 aromatic rings. The standard InChI is InChI=1S/C15H23N/c1-15(2,3)13-7-4-11-5-8-14(16)9-6-12(11)10-13/h4,7,10,14H,5-6,8-9,16H2,1-3H3. The number of fused-ring (bicyclic) bond motifs is 1. The molecule has 0 amide bonds. The normalized spacial score (nSPS) is 21.4. The van der Waals surface area contributed by atoms with Crippen LogP contribution in [0.15, 0.2) is 18.2 Å². The molecule has 0 aromatic heterocycles. The fraction of sp³-hybridized carbons (Fsp3) is 0.600. The highest BCUT2D eigenvalue weighted by atomic mass is 14.6. The summed E-state index contributed by atoms with van der Waals surface area (Å²) in [6, 6.07) is 7.39. The first-order valence-corrected chi connectivity index (χ1v) is 6.34. The highest BCUT2D eigenvalue weighted by molar-refractivity contribution is 5.36. The molecule has 0 saturated heterocycles. The molecular formula is C15H23N. The lowest BCUT2D eigenvalue weighted by Crippen LogP contribution is -2.19. The van der Waals surface area contributed by atoms with Crippen LogP contribution in [0.25, 0.3) is 0 Å². The van der Waals surface area contributed by atoms with Gasteiger partial charge in [-0.3, -0.25) is 0 Å². The molecule has 0 fully saturated rings. The van der Waals surface area contributed by atoms with Crippen LogP contribution in [0.4, 0.5) is 0 Å². The third-order valence-electron chi connectivity index (χ3n) is 3.64. The van der Waals surface area contributed by atoms with Crippen molar-refractivity contribution < 1.29 is 0 Å². The van der Waals surface area contributed by atoms with Crippen LogP contribution < -0.4 is 5.73 Å². The second-order valence-electron chi connectivity index (χ2n) is 6.07. The van der Waals surface area contributed by atoms with Crippen LogP contribution in [-0.2, 0) is 18.3 Å².